The molecule has 0 radical (unpaired) electrons. The molecule has 0 aliphatic heterocycles. The summed E-state index contributed by atoms with van der Waals surface area (Å²) in [7, 11) is 1.66. The smallest absolute Gasteiger partial charge is 0.160 e. The van der Waals surface area contributed by atoms with Gasteiger partial charge in [-0.1, -0.05) is 6.92 Å². The van der Waals surface area contributed by atoms with Gasteiger partial charge in [0.05, 0.1) is 19.0 Å². The van der Waals surface area contributed by atoms with E-state index in [0.29, 0.717) is 6.54 Å². The third-order valence-corrected chi connectivity index (χ3v) is 2.18. The van der Waals surface area contributed by atoms with Crippen molar-refractivity contribution in [2.45, 2.75) is 26.3 Å². The van der Waals surface area contributed by atoms with Gasteiger partial charge in [-0.3, -0.25) is 4.68 Å². The molecule has 0 fully saturated rings. The first-order valence-corrected chi connectivity index (χ1v) is 4.54. The number of nitrogens with two attached hydrogens (primary N) is 1. The van der Waals surface area contributed by atoms with Crippen molar-refractivity contribution < 1.29 is 4.74 Å². The van der Waals surface area contributed by atoms with Gasteiger partial charge in [0.25, 0.3) is 0 Å². The van der Waals surface area contributed by atoms with Gasteiger partial charge in [0.1, 0.15) is 0 Å². The molecule has 0 aliphatic carbocycles. The summed E-state index contributed by atoms with van der Waals surface area (Å²) in [4.78, 5) is 0. The Morgan fingerprint density at radius 1 is 1.69 bits per heavy atom. The first-order chi connectivity index (χ1) is 6.24. The van der Waals surface area contributed by atoms with E-state index in [1.165, 1.54) is 0 Å². The molecule has 74 valence electrons. The van der Waals surface area contributed by atoms with Crippen molar-refractivity contribution in [3.05, 3.63) is 11.9 Å². The van der Waals surface area contributed by atoms with Crippen molar-refractivity contribution >= 4 is 0 Å². The molecule has 4 heteroatoms. The zero-order valence-corrected chi connectivity index (χ0v) is 8.45. The van der Waals surface area contributed by atoms with Gasteiger partial charge < -0.3 is 10.5 Å². The normalized spacial score (nSPS) is 12.9. The highest BCUT2D eigenvalue weighted by Gasteiger charge is 2.15. The van der Waals surface area contributed by atoms with Crippen LogP contribution in [0.4, 0.5) is 0 Å². The number of hydrogen-bond donors (Lipinski definition) is 1. The van der Waals surface area contributed by atoms with Crippen LogP contribution >= 0.6 is 0 Å². The van der Waals surface area contributed by atoms with E-state index in [9.17, 15) is 0 Å². The molecule has 13 heavy (non-hydrogen) atoms. The van der Waals surface area contributed by atoms with Gasteiger partial charge in [-0.2, -0.15) is 5.10 Å². The first-order valence-electron chi connectivity index (χ1n) is 4.54. The van der Waals surface area contributed by atoms with Crippen molar-refractivity contribution in [1.29, 1.82) is 0 Å². The minimum Gasteiger partial charge on any atom is -0.493 e. The van der Waals surface area contributed by atoms with Gasteiger partial charge in [-0.15, -0.1) is 0 Å². The second-order valence-corrected chi connectivity index (χ2v) is 3.05. The maximum atomic E-state index is 5.61. The van der Waals surface area contributed by atoms with E-state index in [4.69, 9.17) is 10.5 Å². The summed E-state index contributed by atoms with van der Waals surface area (Å²) in [5.74, 6) is 1.12. The molecule has 0 saturated carbocycles. The number of hydrogen-bond acceptors (Lipinski definition) is 3. The molecule has 0 spiro atoms. The monoisotopic (exact) mass is 183 g/mol. The Hall–Kier alpha value is -1.03. The summed E-state index contributed by atoms with van der Waals surface area (Å²) < 4.78 is 7.14. The van der Waals surface area contributed by atoms with Crippen LogP contribution in [0.25, 0.3) is 0 Å². The molecular formula is C9H17N3O. The Morgan fingerprint density at radius 2 is 2.38 bits per heavy atom. The van der Waals surface area contributed by atoms with Crippen LogP contribution < -0.4 is 10.5 Å². The molecule has 0 aliphatic rings. The topological polar surface area (TPSA) is 53.1 Å². The molecule has 0 saturated heterocycles. The molecule has 1 heterocycles. The van der Waals surface area contributed by atoms with Crippen LogP contribution in [0.1, 0.15) is 25.5 Å². The lowest BCUT2D eigenvalue weighted by atomic mass is 10.1. The summed E-state index contributed by atoms with van der Waals surface area (Å²) >= 11 is 0. The molecule has 1 rings (SSSR count). The van der Waals surface area contributed by atoms with Crippen LogP contribution in [0.5, 0.6) is 5.75 Å². The highest BCUT2D eigenvalue weighted by atomic mass is 16.5. The fourth-order valence-corrected chi connectivity index (χ4v) is 1.40. The number of nitrogens with zero attached hydrogens (tertiary/aromatic N) is 2. The summed E-state index contributed by atoms with van der Waals surface area (Å²) in [6, 6.07) is 0. The Morgan fingerprint density at radius 3 is 2.85 bits per heavy atom. The average molecular weight is 183 g/mol. The van der Waals surface area contributed by atoms with Crippen molar-refractivity contribution in [3.8, 4) is 5.75 Å². The third-order valence-electron chi connectivity index (χ3n) is 2.18. The average Bonchev–Trinajstić information content (AvgIpc) is 2.59. The van der Waals surface area contributed by atoms with E-state index in [0.717, 1.165) is 18.0 Å². The Balaban J connectivity index is 3.04. The zero-order valence-electron chi connectivity index (χ0n) is 8.45. The predicted octanol–water partition coefficient (Wildman–Crippen LogP) is 0.974. The molecule has 1 aromatic rings. The molecule has 1 atom stereocenters. The van der Waals surface area contributed by atoms with E-state index >= 15 is 0 Å². The van der Waals surface area contributed by atoms with Crippen molar-refractivity contribution in [1.82, 2.24) is 9.78 Å². The van der Waals surface area contributed by atoms with Crippen LogP contribution in [0, 0.1) is 0 Å². The highest BCUT2D eigenvalue weighted by Crippen LogP contribution is 2.25. The maximum absolute atomic E-state index is 5.61. The van der Waals surface area contributed by atoms with Crippen LogP contribution in [0.3, 0.4) is 0 Å². The van der Waals surface area contributed by atoms with E-state index in [-0.39, 0.29) is 5.92 Å². The van der Waals surface area contributed by atoms with E-state index < -0.39 is 0 Å². The van der Waals surface area contributed by atoms with Crippen molar-refractivity contribution in [2.75, 3.05) is 13.7 Å². The standard InChI is InChI=1S/C9H17N3O/c1-4-12-9(7(2)5-10)8(13-3)6-11-12/h6-7H,4-5,10H2,1-3H3. The number of aromatic nitrogens is 2. The maximum Gasteiger partial charge on any atom is 0.160 e. The molecule has 4 nitrogen and oxygen atoms in total. The quantitative estimate of drug-likeness (QED) is 0.756. The number of aryl methyl sites for hydroxylation is 1. The molecule has 0 amide bonds. The summed E-state index contributed by atoms with van der Waals surface area (Å²) in [6.45, 7) is 5.59. The largest absolute Gasteiger partial charge is 0.493 e. The van der Waals surface area contributed by atoms with E-state index in [2.05, 4.69) is 18.9 Å². The lowest BCUT2D eigenvalue weighted by molar-refractivity contribution is 0.403. The highest BCUT2D eigenvalue weighted by molar-refractivity contribution is 5.28. The number of rotatable bonds is 4. The van der Waals surface area contributed by atoms with Crippen LogP contribution in [0.15, 0.2) is 6.20 Å². The Kier molecular flexibility index (Phi) is 3.31. The van der Waals surface area contributed by atoms with Gasteiger partial charge in [0.2, 0.25) is 0 Å². The number of ether oxygens (including phenoxy) is 1. The van der Waals surface area contributed by atoms with E-state index in [1.54, 1.807) is 13.3 Å². The third kappa shape index (κ3) is 1.83. The van der Waals surface area contributed by atoms with Crippen molar-refractivity contribution in [2.24, 2.45) is 5.73 Å². The summed E-state index contributed by atoms with van der Waals surface area (Å²) in [5, 5.41) is 4.21. The molecule has 0 aromatic carbocycles. The minimum absolute atomic E-state index is 0.289. The van der Waals surface area contributed by atoms with Crippen LogP contribution in [0.2, 0.25) is 0 Å². The van der Waals surface area contributed by atoms with E-state index in [1.807, 2.05) is 4.68 Å². The van der Waals surface area contributed by atoms with Gasteiger partial charge in [-0.05, 0) is 6.92 Å². The minimum atomic E-state index is 0.289. The zero-order chi connectivity index (χ0) is 9.84. The van der Waals surface area contributed by atoms with Gasteiger partial charge in [-0.25, -0.2) is 0 Å². The Labute approximate surface area is 78.7 Å². The second-order valence-electron chi connectivity index (χ2n) is 3.05. The SMILES string of the molecule is CCn1ncc(OC)c1C(C)CN. The van der Waals surface area contributed by atoms with Crippen LogP contribution in [-0.2, 0) is 6.54 Å². The Bertz CT molecular complexity index is 248. The lowest BCUT2D eigenvalue weighted by Crippen LogP contribution is -2.14. The van der Waals surface area contributed by atoms with Gasteiger partial charge in [0, 0.05) is 19.0 Å². The first kappa shape index (κ1) is 10.1. The second kappa shape index (κ2) is 4.28. The lowest BCUT2D eigenvalue weighted by Gasteiger charge is -2.12. The van der Waals surface area contributed by atoms with Gasteiger partial charge >= 0.3 is 0 Å². The van der Waals surface area contributed by atoms with Crippen molar-refractivity contribution in [3.63, 3.8) is 0 Å². The number of methoxy groups -OCH3 is 1. The summed E-state index contributed by atoms with van der Waals surface area (Å²) in [6.07, 6.45) is 1.74. The summed E-state index contributed by atoms with van der Waals surface area (Å²) in [5.41, 5.74) is 6.70. The van der Waals surface area contributed by atoms with Crippen LogP contribution in [-0.4, -0.2) is 23.4 Å². The molecule has 0 bridgehead atoms. The molecule has 1 aromatic heterocycles. The molecule has 2 N–H and O–H groups in total. The fraction of sp³-hybridized carbons (Fsp3) is 0.667. The predicted molar refractivity (Wildman–Crippen MR) is 51.9 cm³/mol. The fourth-order valence-electron chi connectivity index (χ4n) is 1.40. The molecular weight excluding hydrogens is 166 g/mol. The van der Waals surface area contributed by atoms with Gasteiger partial charge in [0.15, 0.2) is 5.75 Å². The molecule has 1 unspecified atom stereocenters.